The smallest absolute Gasteiger partial charge is 0.423 e. The first-order chi connectivity index (χ1) is 9.73. The van der Waals surface area contributed by atoms with Crippen molar-refractivity contribution in [1.82, 2.24) is 0 Å². The molecule has 0 bridgehead atoms. The molecule has 1 aromatic carbocycles. The van der Waals surface area contributed by atoms with Gasteiger partial charge in [0.05, 0.1) is 11.4 Å². The minimum absolute atomic E-state index is 0.0594. The molecule has 0 unspecified atom stereocenters. The molecule has 1 rings (SSSR count). The first-order valence-corrected chi connectivity index (χ1v) is 6.16. The van der Waals surface area contributed by atoms with Gasteiger partial charge in [-0.1, -0.05) is 25.3 Å². The molecule has 0 aromatic heterocycles. The summed E-state index contributed by atoms with van der Waals surface area (Å²) in [7, 11) is -1.80. The maximum atomic E-state index is 11.8. The Bertz CT molecular complexity index is 611. The van der Waals surface area contributed by atoms with E-state index in [1.807, 2.05) is 0 Å². The topological polar surface area (TPSA) is 98.7 Å². The molecule has 0 saturated heterocycles. The van der Waals surface area contributed by atoms with Gasteiger partial charge < -0.3 is 20.7 Å². The van der Waals surface area contributed by atoms with Crippen molar-refractivity contribution >= 4 is 35.8 Å². The first kappa shape index (κ1) is 16.7. The van der Waals surface area contributed by atoms with E-state index in [0.717, 1.165) is 0 Å². The normalized spacial score (nSPS) is 9.71. The highest BCUT2D eigenvalue weighted by Crippen LogP contribution is 2.21. The van der Waals surface area contributed by atoms with Gasteiger partial charge in [0.25, 0.3) is 11.8 Å². The molecule has 1 aromatic rings. The molecule has 7 heteroatoms. The summed E-state index contributed by atoms with van der Waals surface area (Å²) >= 11 is 0. The maximum absolute atomic E-state index is 11.8. The van der Waals surface area contributed by atoms with Crippen LogP contribution < -0.4 is 16.1 Å². The van der Waals surface area contributed by atoms with Crippen molar-refractivity contribution in [2.75, 3.05) is 10.6 Å². The SMILES string of the molecule is C=C(C)C(=O)Nc1cccc(B(O)O)c1NC(=O)C(=C)C. The fourth-order valence-corrected chi connectivity index (χ4v) is 1.48. The zero-order valence-corrected chi connectivity index (χ0v) is 11.9. The Kier molecular flexibility index (Phi) is 5.46. The van der Waals surface area contributed by atoms with Crippen molar-refractivity contribution in [1.29, 1.82) is 0 Å². The van der Waals surface area contributed by atoms with E-state index in [-0.39, 0.29) is 28.0 Å². The number of amides is 2. The van der Waals surface area contributed by atoms with Gasteiger partial charge in [-0.15, -0.1) is 0 Å². The maximum Gasteiger partial charge on any atom is 0.490 e. The summed E-state index contributed by atoms with van der Waals surface area (Å²) in [4.78, 5) is 23.5. The Morgan fingerprint density at radius 3 is 2.05 bits per heavy atom. The molecule has 4 N–H and O–H groups in total. The highest BCUT2D eigenvalue weighted by atomic mass is 16.4. The van der Waals surface area contributed by atoms with E-state index >= 15 is 0 Å². The fraction of sp³-hybridized carbons (Fsp3) is 0.143. The molecule has 0 aliphatic carbocycles. The molecule has 110 valence electrons. The number of benzene rings is 1. The van der Waals surface area contributed by atoms with Crippen LogP contribution in [0.25, 0.3) is 0 Å². The van der Waals surface area contributed by atoms with E-state index in [1.54, 1.807) is 0 Å². The van der Waals surface area contributed by atoms with Crippen LogP contribution in [0.15, 0.2) is 42.5 Å². The number of hydrogen-bond donors (Lipinski definition) is 4. The zero-order chi connectivity index (χ0) is 16.2. The zero-order valence-electron chi connectivity index (χ0n) is 11.9. The molecule has 0 saturated carbocycles. The lowest BCUT2D eigenvalue weighted by atomic mass is 9.78. The number of rotatable bonds is 5. The molecular formula is C14H17BN2O4. The summed E-state index contributed by atoms with van der Waals surface area (Å²) in [5.41, 5.74) is 0.930. The largest absolute Gasteiger partial charge is 0.490 e. The molecule has 0 aliphatic heterocycles. The van der Waals surface area contributed by atoms with Crippen molar-refractivity contribution in [3.05, 3.63) is 42.5 Å². The van der Waals surface area contributed by atoms with Gasteiger partial charge in [-0.05, 0) is 19.9 Å². The molecule has 0 fully saturated rings. The van der Waals surface area contributed by atoms with Gasteiger partial charge in [0.15, 0.2) is 0 Å². The average molecular weight is 288 g/mol. The molecule has 0 atom stereocenters. The number of carbonyl (C=O) groups excluding carboxylic acids is 2. The first-order valence-electron chi connectivity index (χ1n) is 6.16. The van der Waals surface area contributed by atoms with E-state index in [2.05, 4.69) is 23.8 Å². The summed E-state index contributed by atoms with van der Waals surface area (Å²) in [6, 6.07) is 4.48. The second-order valence-electron chi connectivity index (χ2n) is 4.61. The molecule has 2 amide bonds. The predicted octanol–water partition coefficient (Wildman–Crippen LogP) is 0.396. The Hall–Kier alpha value is -2.38. The van der Waals surface area contributed by atoms with Crippen LogP contribution in [0.1, 0.15) is 13.8 Å². The Morgan fingerprint density at radius 1 is 1.05 bits per heavy atom. The standard InChI is InChI=1S/C14H17BN2O4/c1-8(2)13(18)16-11-7-5-6-10(15(20)21)12(11)17-14(19)9(3)4/h5-7,20-21H,1,3H2,2,4H3,(H,16,18)(H,17,19). The minimum atomic E-state index is -1.80. The molecule has 6 nitrogen and oxygen atoms in total. The quantitative estimate of drug-likeness (QED) is 0.465. The van der Waals surface area contributed by atoms with Gasteiger partial charge in [-0.2, -0.15) is 0 Å². The van der Waals surface area contributed by atoms with Crippen LogP contribution >= 0.6 is 0 Å². The van der Waals surface area contributed by atoms with Crippen molar-refractivity contribution in [3.8, 4) is 0 Å². The molecular weight excluding hydrogens is 271 g/mol. The lowest BCUT2D eigenvalue weighted by molar-refractivity contribution is -0.113. The van der Waals surface area contributed by atoms with Gasteiger partial charge in [-0.25, -0.2) is 0 Å². The van der Waals surface area contributed by atoms with Crippen molar-refractivity contribution in [2.45, 2.75) is 13.8 Å². The second-order valence-corrected chi connectivity index (χ2v) is 4.61. The number of hydrogen-bond acceptors (Lipinski definition) is 4. The molecule has 0 spiro atoms. The van der Waals surface area contributed by atoms with Gasteiger partial charge in [0, 0.05) is 16.6 Å². The van der Waals surface area contributed by atoms with E-state index in [0.29, 0.717) is 0 Å². The Labute approximate surface area is 123 Å². The summed E-state index contributed by atoms with van der Waals surface area (Å²) in [5.74, 6) is -0.931. The van der Waals surface area contributed by atoms with Gasteiger partial charge in [-0.3, -0.25) is 9.59 Å². The fourth-order valence-electron chi connectivity index (χ4n) is 1.48. The van der Waals surface area contributed by atoms with Crippen LogP contribution in [0.3, 0.4) is 0 Å². The van der Waals surface area contributed by atoms with Crippen LogP contribution in [0, 0.1) is 0 Å². The number of nitrogens with one attached hydrogen (secondary N) is 2. The number of para-hydroxylation sites is 1. The van der Waals surface area contributed by atoms with Crippen LogP contribution in [0.2, 0.25) is 0 Å². The van der Waals surface area contributed by atoms with Gasteiger partial charge >= 0.3 is 7.12 Å². The Morgan fingerprint density at radius 2 is 1.57 bits per heavy atom. The third kappa shape index (κ3) is 4.30. The van der Waals surface area contributed by atoms with Gasteiger partial charge in [0.2, 0.25) is 0 Å². The summed E-state index contributed by atoms with van der Waals surface area (Å²) < 4.78 is 0. The molecule has 21 heavy (non-hydrogen) atoms. The summed E-state index contributed by atoms with van der Waals surface area (Å²) in [6.07, 6.45) is 0. The summed E-state index contributed by atoms with van der Waals surface area (Å²) in [5, 5.41) is 23.8. The second kappa shape index (κ2) is 6.87. The lowest BCUT2D eigenvalue weighted by Gasteiger charge is -2.16. The van der Waals surface area contributed by atoms with Crippen LogP contribution in [-0.2, 0) is 9.59 Å². The van der Waals surface area contributed by atoms with E-state index in [1.165, 1.54) is 32.0 Å². The molecule has 0 radical (unpaired) electrons. The van der Waals surface area contributed by atoms with Crippen molar-refractivity contribution in [2.24, 2.45) is 0 Å². The minimum Gasteiger partial charge on any atom is -0.423 e. The van der Waals surface area contributed by atoms with Gasteiger partial charge in [0.1, 0.15) is 0 Å². The van der Waals surface area contributed by atoms with Crippen molar-refractivity contribution < 1.29 is 19.6 Å². The molecule has 0 heterocycles. The lowest BCUT2D eigenvalue weighted by Crippen LogP contribution is -2.34. The van der Waals surface area contributed by atoms with E-state index in [9.17, 15) is 19.6 Å². The number of anilines is 2. The van der Waals surface area contributed by atoms with E-state index in [4.69, 9.17) is 0 Å². The van der Waals surface area contributed by atoms with Crippen LogP contribution in [0.4, 0.5) is 11.4 Å². The highest BCUT2D eigenvalue weighted by Gasteiger charge is 2.21. The van der Waals surface area contributed by atoms with Crippen molar-refractivity contribution in [3.63, 3.8) is 0 Å². The summed E-state index contributed by atoms with van der Waals surface area (Å²) in [6.45, 7) is 10.1. The predicted molar refractivity (Wildman–Crippen MR) is 83.2 cm³/mol. The Balaban J connectivity index is 3.26. The van der Waals surface area contributed by atoms with Crippen LogP contribution in [0.5, 0.6) is 0 Å². The van der Waals surface area contributed by atoms with E-state index < -0.39 is 18.9 Å². The highest BCUT2D eigenvalue weighted by molar-refractivity contribution is 6.61. The monoisotopic (exact) mass is 288 g/mol. The molecule has 0 aliphatic rings. The number of carbonyl (C=O) groups is 2. The van der Waals surface area contributed by atoms with Crippen LogP contribution in [-0.4, -0.2) is 29.0 Å². The average Bonchev–Trinajstić information content (AvgIpc) is 2.39. The third-order valence-corrected chi connectivity index (χ3v) is 2.64. The third-order valence-electron chi connectivity index (χ3n) is 2.64.